The summed E-state index contributed by atoms with van der Waals surface area (Å²) in [6.45, 7) is 0.850. The molecule has 6 heteroatoms. The van der Waals surface area contributed by atoms with Crippen LogP contribution in [0.25, 0.3) is 21.7 Å². The van der Waals surface area contributed by atoms with Gasteiger partial charge in [0, 0.05) is 41.8 Å². The Hall–Kier alpha value is -4.45. The molecule has 5 nitrogen and oxygen atoms in total. The summed E-state index contributed by atoms with van der Waals surface area (Å²) < 4.78 is 13.6. The van der Waals surface area contributed by atoms with Crippen molar-refractivity contribution in [1.82, 2.24) is 14.8 Å². The van der Waals surface area contributed by atoms with Crippen LogP contribution < -0.4 is 0 Å². The SMILES string of the molecule is O=C(CN(C(=O)c1cccc2ccccc12)C1CC1)N(CCc1c[nH]c2ccccc12)Cc1ccc(F)cc1. The van der Waals surface area contributed by atoms with Crippen LogP contribution in [-0.2, 0) is 17.8 Å². The summed E-state index contributed by atoms with van der Waals surface area (Å²) in [6, 6.07) is 28.0. The van der Waals surface area contributed by atoms with Gasteiger partial charge in [0.25, 0.3) is 5.91 Å². The Morgan fingerprint density at radius 1 is 0.846 bits per heavy atom. The number of rotatable bonds is 9. The summed E-state index contributed by atoms with van der Waals surface area (Å²) in [7, 11) is 0. The van der Waals surface area contributed by atoms with Crippen LogP contribution >= 0.6 is 0 Å². The summed E-state index contributed by atoms with van der Waals surface area (Å²) >= 11 is 0. The first-order chi connectivity index (χ1) is 19.1. The number of benzene rings is 4. The van der Waals surface area contributed by atoms with E-state index in [9.17, 15) is 14.0 Å². The minimum atomic E-state index is -0.309. The van der Waals surface area contributed by atoms with Gasteiger partial charge in [-0.05, 0) is 65.4 Å². The monoisotopic (exact) mass is 519 g/mol. The van der Waals surface area contributed by atoms with E-state index in [1.54, 1.807) is 21.9 Å². The van der Waals surface area contributed by atoms with Gasteiger partial charge in [-0.25, -0.2) is 4.39 Å². The van der Waals surface area contributed by atoms with Gasteiger partial charge in [-0.15, -0.1) is 0 Å². The fourth-order valence-electron chi connectivity index (χ4n) is 5.26. The zero-order valence-corrected chi connectivity index (χ0v) is 21.6. The maximum atomic E-state index is 13.8. The number of para-hydroxylation sites is 1. The van der Waals surface area contributed by atoms with Gasteiger partial charge < -0.3 is 14.8 Å². The second-order valence-corrected chi connectivity index (χ2v) is 10.2. The van der Waals surface area contributed by atoms with Crippen LogP contribution in [0.15, 0.2) is 97.2 Å². The first-order valence-corrected chi connectivity index (χ1v) is 13.4. The van der Waals surface area contributed by atoms with Gasteiger partial charge >= 0.3 is 0 Å². The van der Waals surface area contributed by atoms with Crippen molar-refractivity contribution in [2.75, 3.05) is 13.1 Å². The second-order valence-electron chi connectivity index (χ2n) is 10.2. The Morgan fingerprint density at radius 3 is 2.36 bits per heavy atom. The molecule has 0 atom stereocenters. The number of fused-ring (bicyclic) bond motifs is 2. The topological polar surface area (TPSA) is 56.4 Å². The van der Waals surface area contributed by atoms with Crippen molar-refractivity contribution in [3.8, 4) is 0 Å². The highest BCUT2D eigenvalue weighted by molar-refractivity contribution is 6.08. The molecule has 1 fully saturated rings. The molecule has 0 bridgehead atoms. The van der Waals surface area contributed by atoms with E-state index in [4.69, 9.17) is 0 Å². The number of halogens is 1. The lowest BCUT2D eigenvalue weighted by Gasteiger charge is -2.28. The molecule has 2 amide bonds. The van der Waals surface area contributed by atoms with Crippen LogP contribution in [0.1, 0.15) is 34.3 Å². The Morgan fingerprint density at radius 2 is 1.56 bits per heavy atom. The number of H-pyrrole nitrogens is 1. The van der Waals surface area contributed by atoms with Crippen LogP contribution in [0.2, 0.25) is 0 Å². The quantitative estimate of drug-likeness (QED) is 0.247. The third-order valence-electron chi connectivity index (χ3n) is 7.54. The van der Waals surface area contributed by atoms with E-state index in [0.717, 1.165) is 45.6 Å². The van der Waals surface area contributed by atoms with Crippen molar-refractivity contribution in [3.05, 3.63) is 120 Å². The van der Waals surface area contributed by atoms with E-state index in [-0.39, 0.29) is 30.2 Å². The Labute approximate surface area is 226 Å². The van der Waals surface area contributed by atoms with Gasteiger partial charge in [0.05, 0.1) is 0 Å². The summed E-state index contributed by atoms with van der Waals surface area (Å²) in [5.74, 6) is -0.531. The smallest absolute Gasteiger partial charge is 0.255 e. The maximum Gasteiger partial charge on any atom is 0.255 e. The van der Waals surface area contributed by atoms with Gasteiger partial charge in [0.1, 0.15) is 12.4 Å². The molecule has 39 heavy (non-hydrogen) atoms. The van der Waals surface area contributed by atoms with Crippen LogP contribution in [0, 0.1) is 5.82 Å². The lowest BCUT2D eigenvalue weighted by Crippen LogP contribution is -2.44. The van der Waals surface area contributed by atoms with Crippen molar-refractivity contribution in [2.24, 2.45) is 0 Å². The predicted octanol–water partition coefficient (Wildman–Crippen LogP) is 6.34. The van der Waals surface area contributed by atoms with E-state index in [2.05, 4.69) is 11.1 Å². The normalized spacial score (nSPS) is 13.1. The van der Waals surface area contributed by atoms with Crippen molar-refractivity contribution in [3.63, 3.8) is 0 Å². The molecule has 196 valence electrons. The van der Waals surface area contributed by atoms with Crippen molar-refractivity contribution in [2.45, 2.75) is 31.8 Å². The molecule has 0 spiro atoms. The van der Waals surface area contributed by atoms with Crippen molar-refractivity contribution in [1.29, 1.82) is 0 Å². The Balaban J connectivity index is 1.25. The zero-order valence-electron chi connectivity index (χ0n) is 21.6. The first-order valence-electron chi connectivity index (χ1n) is 13.4. The lowest BCUT2D eigenvalue weighted by molar-refractivity contribution is -0.132. The number of aromatic amines is 1. The molecule has 0 radical (unpaired) electrons. The molecule has 1 aliphatic carbocycles. The van der Waals surface area contributed by atoms with Gasteiger partial charge in [-0.2, -0.15) is 0 Å². The minimum Gasteiger partial charge on any atom is -0.361 e. The summed E-state index contributed by atoms with van der Waals surface area (Å²) in [4.78, 5) is 34.5. The molecule has 5 aromatic rings. The summed E-state index contributed by atoms with van der Waals surface area (Å²) in [5, 5.41) is 3.03. The Bertz CT molecular complexity index is 1630. The van der Waals surface area contributed by atoms with Gasteiger partial charge in [0.15, 0.2) is 0 Å². The fourth-order valence-corrected chi connectivity index (χ4v) is 5.26. The molecule has 1 aliphatic rings. The highest BCUT2D eigenvalue weighted by Crippen LogP contribution is 2.30. The number of carbonyl (C=O) groups is 2. The molecule has 1 heterocycles. The van der Waals surface area contributed by atoms with E-state index in [0.29, 0.717) is 25.1 Å². The maximum absolute atomic E-state index is 13.8. The molecule has 0 aliphatic heterocycles. The number of aromatic nitrogens is 1. The van der Waals surface area contributed by atoms with Crippen LogP contribution in [0.4, 0.5) is 4.39 Å². The van der Waals surface area contributed by atoms with Crippen LogP contribution in [0.3, 0.4) is 0 Å². The molecular weight excluding hydrogens is 489 g/mol. The van der Waals surface area contributed by atoms with Crippen molar-refractivity contribution >= 4 is 33.5 Å². The molecule has 1 saturated carbocycles. The molecule has 1 aromatic heterocycles. The average molecular weight is 520 g/mol. The number of carbonyl (C=O) groups excluding carboxylic acids is 2. The van der Waals surface area contributed by atoms with Crippen LogP contribution in [0.5, 0.6) is 0 Å². The molecule has 6 rings (SSSR count). The molecule has 0 saturated heterocycles. The van der Waals surface area contributed by atoms with Crippen molar-refractivity contribution < 1.29 is 14.0 Å². The average Bonchev–Trinajstić information content (AvgIpc) is 3.73. The molecular formula is C33H30FN3O2. The highest BCUT2D eigenvalue weighted by atomic mass is 19.1. The largest absolute Gasteiger partial charge is 0.361 e. The number of nitrogens with zero attached hydrogens (tertiary/aromatic N) is 2. The Kier molecular flexibility index (Phi) is 6.84. The standard InChI is InChI=1S/C33H30FN3O2/c34-26-14-12-23(13-15-26)21-36(19-18-25-20-35-31-11-4-3-9-29(25)31)32(38)22-37(27-16-17-27)33(39)30-10-5-7-24-6-1-2-8-28(24)30/h1-15,20,27,35H,16-19,21-22H2. The lowest BCUT2D eigenvalue weighted by atomic mass is 10.0. The van der Waals surface area contributed by atoms with E-state index in [1.807, 2.05) is 66.9 Å². The number of hydrogen-bond acceptors (Lipinski definition) is 2. The predicted molar refractivity (Wildman–Crippen MR) is 152 cm³/mol. The number of amides is 2. The van der Waals surface area contributed by atoms with E-state index < -0.39 is 0 Å². The number of hydrogen-bond donors (Lipinski definition) is 1. The minimum absolute atomic E-state index is 0.0157. The van der Waals surface area contributed by atoms with E-state index >= 15 is 0 Å². The summed E-state index contributed by atoms with van der Waals surface area (Å²) in [5.41, 5.74) is 3.66. The second kappa shape index (κ2) is 10.7. The van der Waals surface area contributed by atoms with Crippen LogP contribution in [-0.4, -0.2) is 45.7 Å². The molecule has 1 N–H and O–H groups in total. The fraction of sp³-hybridized carbons (Fsp3) is 0.212. The molecule has 0 unspecified atom stereocenters. The van der Waals surface area contributed by atoms with E-state index in [1.165, 1.54) is 12.1 Å². The van der Waals surface area contributed by atoms with Gasteiger partial charge in [-0.1, -0.05) is 66.7 Å². The zero-order chi connectivity index (χ0) is 26.8. The highest BCUT2D eigenvalue weighted by Gasteiger charge is 2.35. The third-order valence-corrected chi connectivity index (χ3v) is 7.54. The van der Waals surface area contributed by atoms with Gasteiger partial charge in [0.2, 0.25) is 5.91 Å². The summed E-state index contributed by atoms with van der Waals surface area (Å²) in [6.07, 6.45) is 4.46. The molecule has 4 aromatic carbocycles. The third kappa shape index (κ3) is 5.41. The first kappa shape index (κ1) is 24.9. The van der Waals surface area contributed by atoms with Gasteiger partial charge in [-0.3, -0.25) is 9.59 Å². The number of nitrogens with one attached hydrogen (secondary N) is 1.